The van der Waals surface area contributed by atoms with Crippen LogP contribution in [0.25, 0.3) is 0 Å². The van der Waals surface area contributed by atoms with Gasteiger partial charge in [0.25, 0.3) is 0 Å². The van der Waals surface area contributed by atoms with Crippen molar-refractivity contribution in [1.82, 2.24) is 9.97 Å². The molecule has 1 saturated heterocycles. The van der Waals surface area contributed by atoms with E-state index in [-0.39, 0.29) is 7.92 Å². The predicted molar refractivity (Wildman–Crippen MR) is 126 cm³/mol. The van der Waals surface area contributed by atoms with Gasteiger partial charge in [-0.2, -0.15) is 10.2 Å². The van der Waals surface area contributed by atoms with E-state index in [1.807, 2.05) is 24.5 Å². The standard InChI is InChI=1S/C20H23N4P.C4H10/c1-14-6-7-18(22-13-14)20-16-9-12-25(2)11-8-15(16)19(23-24-20)17-5-3-4-10-21-17;1-4(2)3/h3-7,10,13,15-16H,8-9,11-12H2,1-2H3;4H,1-3H3. The van der Waals surface area contributed by atoms with Gasteiger partial charge in [-0.05, 0) is 68.4 Å². The topological polar surface area (TPSA) is 50.5 Å². The van der Waals surface area contributed by atoms with Crippen molar-refractivity contribution < 1.29 is 0 Å². The van der Waals surface area contributed by atoms with Crippen molar-refractivity contribution in [3.8, 4) is 0 Å². The molecule has 2 aliphatic rings. The maximum absolute atomic E-state index is 4.65. The van der Waals surface area contributed by atoms with Crippen LogP contribution in [0.5, 0.6) is 0 Å². The third kappa shape index (κ3) is 5.79. The molecule has 1 fully saturated rings. The van der Waals surface area contributed by atoms with Crippen molar-refractivity contribution in [2.24, 2.45) is 28.0 Å². The normalized spacial score (nSPS) is 23.9. The second-order valence-corrected chi connectivity index (χ2v) is 11.3. The van der Waals surface area contributed by atoms with Gasteiger partial charge in [-0.15, -0.1) is 7.92 Å². The number of aromatic nitrogens is 2. The fraction of sp³-hybridized carbons (Fsp3) is 0.500. The van der Waals surface area contributed by atoms with Crippen LogP contribution in [-0.4, -0.2) is 40.4 Å². The SMILES string of the molecule is CC(C)C.Cc1ccc(C2=NN=C(c3ccccn3)C3CCP(C)CCC23)nc1. The maximum Gasteiger partial charge on any atom is 0.0924 e. The molecule has 4 rings (SSSR count). The first-order chi connectivity index (χ1) is 14.0. The van der Waals surface area contributed by atoms with Gasteiger partial charge < -0.3 is 0 Å². The molecule has 2 aliphatic heterocycles. The second kappa shape index (κ2) is 10.2. The van der Waals surface area contributed by atoms with Crippen molar-refractivity contribution in [1.29, 1.82) is 0 Å². The molecular formula is C24H33N4P. The first kappa shape index (κ1) is 21.8. The van der Waals surface area contributed by atoms with Gasteiger partial charge >= 0.3 is 0 Å². The highest BCUT2D eigenvalue weighted by atomic mass is 31.1. The molecule has 4 nitrogen and oxygen atoms in total. The molecule has 29 heavy (non-hydrogen) atoms. The van der Waals surface area contributed by atoms with E-state index in [0.717, 1.165) is 28.7 Å². The molecule has 0 aliphatic carbocycles. The predicted octanol–water partition coefficient (Wildman–Crippen LogP) is 5.79. The summed E-state index contributed by atoms with van der Waals surface area (Å²) in [6.45, 7) is 11.0. The summed E-state index contributed by atoms with van der Waals surface area (Å²) in [5.41, 5.74) is 5.25. The zero-order valence-corrected chi connectivity index (χ0v) is 19.2. The lowest BCUT2D eigenvalue weighted by atomic mass is 9.78. The highest BCUT2D eigenvalue weighted by molar-refractivity contribution is 7.56. The third-order valence-corrected chi connectivity index (χ3v) is 7.24. The third-order valence-electron chi connectivity index (χ3n) is 5.20. The number of hydrogen-bond donors (Lipinski definition) is 0. The van der Waals surface area contributed by atoms with Gasteiger partial charge in [0.2, 0.25) is 0 Å². The van der Waals surface area contributed by atoms with Crippen molar-refractivity contribution in [3.05, 3.63) is 59.7 Å². The van der Waals surface area contributed by atoms with E-state index >= 15 is 0 Å². The largest absolute Gasteiger partial charge is 0.255 e. The van der Waals surface area contributed by atoms with E-state index < -0.39 is 0 Å². The molecule has 2 aromatic rings. The fourth-order valence-electron chi connectivity index (χ4n) is 3.76. The molecule has 0 saturated carbocycles. The van der Waals surface area contributed by atoms with E-state index in [1.165, 1.54) is 30.7 Å². The molecule has 3 atom stereocenters. The minimum atomic E-state index is 0.113. The van der Waals surface area contributed by atoms with Gasteiger partial charge in [0.05, 0.1) is 22.8 Å². The molecule has 2 aromatic heterocycles. The molecule has 3 unspecified atom stereocenters. The number of nitrogens with zero attached hydrogens (tertiary/aromatic N) is 4. The summed E-state index contributed by atoms with van der Waals surface area (Å²) in [7, 11) is 0.113. The van der Waals surface area contributed by atoms with Crippen LogP contribution < -0.4 is 0 Å². The van der Waals surface area contributed by atoms with E-state index in [2.05, 4.69) is 72.7 Å². The molecular weight excluding hydrogens is 375 g/mol. The minimum Gasteiger partial charge on any atom is -0.255 e. The molecule has 0 N–H and O–H groups in total. The lowest BCUT2D eigenvalue weighted by molar-refractivity contribution is 0.506. The number of pyridine rings is 2. The van der Waals surface area contributed by atoms with Gasteiger partial charge in [0.1, 0.15) is 0 Å². The second-order valence-electron chi connectivity index (χ2n) is 8.73. The lowest BCUT2D eigenvalue weighted by Crippen LogP contribution is -2.34. The molecule has 0 amide bonds. The molecule has 0 bridgehead atoms. The van der Waals surface area contributed by atoms with E-state index in [0.29, 0.717) is 11.8 Å². The van der Waals surface area contributed by atoms with Crippen LogP contribution >= 0.6 is 7.92 Å². The van der Waals surface area contributed by atoms with Crippen molar-refractivity contribution in [2.75, 3.05) is 19.0 Å². The van der Waals surface area contributed by atoms with Crippen LogP contribution in [0.4, 0.5) is 0 Å². The molecule has 5 heteroatoms. The smallest absolute Gasteiger partial charge is 0.0924 e. The fourth-order valence-corrected chi connectivity index (χ4v) is 5.42. The Morgan fingerprint density at radius 2 is 1.45 bits per heavy atom. The Kier molecular flexibility index (Phi) is 7.66. The summed E-state index contributed by atoms with van der Waals surface area (Å²) in [6, 6.07) is 10.2. The van der Waals surface area contributed by atoms with Gasteiger partial charge in [0.15, 0.2) is 0 Å². The number of fused-ring (bicyclic) bond motifs is 1. The summed E-state index contributed by atoms with van der Waals surface area (Å²) in [4.78, 5) is 9.17. The zero-order valence-electron chi connectivity index (χ0n) is 18.3. The molecule has 154 valence electrons. The van der Waals surface area contributed by atoms with Gasteiger partial charge in [0, 0.05) is 24.2 Å². The quantitative estimate of drug-likeness (QED) is 0.590. The summed E-state index contributed by atoms with van der Waals surface area (Å²) in [5.74, 6) is 1.63. The Bertz CT molecular complexity index is 840. The zero-order chi connectivity index (χ0) is 20.8. The highest BCUT2D eigenvalue weighted by Gasteiger charge is 2.37. The Morgan fingerprint density at radius 1 is 0.862 bits per heavy atom. The molecule has 0 spiro atoms. The summed E-state index contributed by atoms with van der Waals surface area (Å²) in [6.07, 6.45) is 8.72. The van der Waals surface area contributed by atoms with E-state index in [4.69, 9.17) is 0 Å². The molecule has 0 radical (unpaired) electrons. The Labute approximate surface area is 176 Å². The average molecular weight is 409 g/mol. The van der Waals surface area contributed by atoms with Crippen LogP contribution in [0.15, 0.2) is 52.9 Å². The van der Waals surface area contributed by atoms with Gasteiger partial charge in [-0.3, -0.25) is 9.97 Å². The monoisotopic (exact) mass is 408 g/mol. The first-order valence-electron chi connectivity index (χ1n) is 10.6. The van der Waals surface area contributed by atoms with Crippen molar-refractivity contribution in [3.63, 3.8) is 0 Å². The Hall–Kier alpha value is -1.93. The minimum absolute atomic E-state index is 0.113. The number of aryl methyl sites for hydroxylation is 1. The van der Waals surface area contributed by atoms with Crippen LogP contribution in [0.1, 0.15) is 50.6 Å². The summed E-state index contributed by atoms with van der Waals surface area (Å²) in [5, 5.41) is 9.29. The Morgan fingerprint density at radius 3 is 1.93 bits per heavy atom. The van der Waals surface area contributed by atoms with Gasteiger partial charge in [-0.1, -0.05) is 32.9 Å². The van der Waals surface area contributed by atoms with Crippen LogP contribution in [-0.2, 0) is 0 Å². The first-order valence-corrected chi connectivity index (χ1v) is 12.8. The highest BCUT2D eigenvalue weighted by Crippen LogP contribution is 2.43. The Balaban J connectivity index is 0.000000552. The number of hydrogen-bond acceptors (Lipinski definition) is 4. The maximum atomic E-state index is 4.65. The average Bonchev–Trinajstić information content (AvgIpc) is 2.90. The van der Waals surface area contributed by atoms with Crippen molar-refractivity contribution >= 4 is 19.3 Å². The van der Waals surface area contributed by atoms with Crippen molar-refractivity contribution in [2.45, 2.75) is 40.5 Å². The van der Waals surface area contributed by atoms with Crippen LogP contribution in [0, 0.1) is 24.7 Å². The lowest BCUT2D eigenvalue weighted by Gasteiger charge is -2.29. The summed E-state index contributed by atoms with van der Waals surface area (Å²) < 4.78 is 0. The summed E-state index contributed by atoms with van der Waals surface area (Å²) >= 11 is 0. The van der Waals surface area contributed by atoms with Crippen LogP contribution in [0.3, 0.4) is 0 Å². The van der Waals surface area contributed by atoms with E-state index in [9.17, 15) is 0 Å². The molecule has 4 heterocycles. The van der Waals surface area contributed by atoms with E-state index in [1.54, 1.807) is 0 Å². The number of rotatable bonds is 2. The van der Waals surface area contributed by atoms with Gasteiger partial charge in [-0.25, -0.2) is 0 Å². The molecule has 0 aromatic carbocycles. The van der Waals surface area contributed by atoms with Crippen LogP contribution in [0.2, 0.25) is 0 Å².